The molecular formula is C15H12ClN3O4S. The Morgan fingerprint density at radius 3 is 2.75 bits per heavy atom. The Morgan fingerprint density at radius 1 is 1.12 bits per heavy atom. The number of phenols is 1. The molecule has 4 N–H and O–H groups in total. The second-order valence-electron chi connectivity index (χ2n) is 4.76. The minimum Gasteiger partial charge on any atom is -0.507 e. The Balaban J connectivity index is 1.57. The Labute approximate surface area is 147 Å². The van der Waals surface area contributed by atoms with Crippen LogP contribution in [0.3, 0.4) is 0 Å². The van der Waals surface area contributed by atoms with Gasteiger partial charge in [-0.3, -0.25) is 15.6 Å². The lowest BCUT2D eigenvalue weighted by atomic mass is 10.2. The van der Waals surface area contributed by atoms with E-state index in [1.807, 2.05) is 0 Å². The van der Waals surface area contributed by atoms with Gasteiger partial charge >= 0.3 is 0 Å². The molecule has 1 aliphatic rings. The van der Waals surface area contributed by atoms with Gasteiger partial charge in [0.1, 0.15) is 5.75 Å². The van der Waals surface area contributed by atoms with Crippen molar-refractivity contribution in [3.8, 4) is 17.2 Å². The second-order valence-corrected chi connectivity index (χ2v) is 5.61. The lowest BCUT2D eigenvalue weighted by molar-refractivity contribution is 0.0941. The molecule has 0 saturated carbocycles. The van der Waals surface area contributed by atoms with Gasteiger partial charge in [-0.15, -0.1) is 0 Å². The molecule has 2 aromatic rings. The Hall–Kier alpha value is -2.71. The van der Waals surface area contributed by atoms with Gasteiger partial charge in [0.25, 0.3) is 5.91 Å². The van der Waals surface area contributed by atoms with Crippen molar-refractivity contribution in [2.75, 3.05) is 12.1 Å². The van der Waals surface area contributed by atoms with Crippen LogP contribution < -0.4 is 25.6 Å². The molecule has 0 fully saturated rings. The zero-order chi connectivity index (χ0) is 17.1. The average Bonchev–Trinajstić information content (AvgIpc) is 3.02. The molecule has 0 saturated heterocycles. The first-order valence-electron chi connectivity index (χ1n) is 6.78. The molecule has 3 rings (SSSR count). The maximum Gasteiger partial charge on any atom is 0.273 e. The van der Waals surface area contributed by atoms with Crippen molar-refractivity contribution in [2.45, 2.75) is 0 Å². The van der Waals surface area contributed by atoms with Gasteiger partial charge in [0.15, 0.2) is 16.6 Å². The highest BCUT2D eigenvalue weighted by Gasteiger charge is 2.14. The fraction of sp³-hybridized carbons (Fsp3) is 0.0667. The van der Waals surface area contributed by atoms with Gasteiger partial charge in [0.2, 0.25) is 6.79 Å². The molecule has 9 heteroatoms. The molecular weight excluding hydrogens is 354 g/mol. The number of amides is 1. The van der Waals surface area contributed by atoms with Gasteiger partial charge in [0, 0.05) is 16.8 Å². The molecule has 0 aromatic heterocycles. The van der Waals surface area contributed by atoms with E-state index in [-0.39, 0.29) is 23.2 Å². The van der Waals surface area contributed by atoms with Crippen molar-refractivity contribution < 1.29 is 19.4 Å². The van der Waals surface area contributed by atoms with Crippen LogP contribution in [-0.2, 0) is 0 Å². The van der Waals surface area contributed by atoms with Gasteiger partial charge in [-0.2, -0.15) is 0 Å². The van der Waals surface area contributed by atoms with Crippen LogP contribution in [0.15, 0.2) is 36.4 Å². The summed E-state index contributed by atoms with van der Waals surface area (Å²) in [5.74, 6) is 0.498. The third-order valence-electron chi connectivity index (χ3n) is 3.12. The minimum absolute atomic E-state index is 0.0286. The number of hydrogen-bond acceptors (Lipinski definition) is 5. The van der Waals surface area contributed by atoms with E-state index in [0.29, 0.717) is 22.2 Å². The van der Waals surface area contributed by atoms with Crippen molar-refractivity contribution >= 4 is 40.5 Å². The minimum atomic E-state index is -0.579. The summed E-state index contributed by atoms with van der Waals surface area (Å²) in [5.41, 5.74) is 5.60. The number of ether oxygens (including phenoxy) is 2. The van der Waals surface area contributed by atoms with E-state index in [1.165, 1.54) is 18.2 Å². The quantitative estimate of drug-likeness (QED) is 0.480. The Bertz CT molecular complexity index is 815. The number of fused-ring (bicyclic) bond motifs is 1. The monoisotopic (exact) mass is 365 g/mol. The smallest absolute Gasteiger partial charge is 0.273 e. The first kappa shape index (κ1) is 16.2. The van der Waals surface area contributed by atoms with Crippen LogP contribution in [0, 0.1) is 0 Å². The summed E-state index contributed by atoms with van der Waals surface area (Å²) in [6.07, 6.45) is 0. The number of carbonyl (C=O) groups excluding carboxylic acids is 1. The number of nitrogens with one attached hydrogen (secondary N) is 3. The van der Waals surface area contributed by atoms with Crippen molar-refractivity contribution in [1.82, 2.24) is 10.9 Å². The number of anilines is 1. The molecule has 0 aliphatic carbocycles. The number of phenolic OH excluding ortho intramolecular Hbond substituents is 1. The van der Waals surface area contributed by atoms with E-state index < -0.39 is 5.91 Å². The normalized spacial score (nSPS) is 11.7. The summed E-state index contributed by atoms with van der Waals surface area (Å²) >= 11 is 10.9. The number of thiocarbonyl (C=S) groups is 1. The Morgan fingerprint density at radius 2 is 1.92 bits per heavy atom. The maximum absolute atomic E-state index is 12.0. The van der Waals surface area contributed by atoms with E-state index in [4.69, 9.17) is 33.3 Å². The zero-order valence-corrected chi connectivity index (χ0v) is 13.7. The van der Waals surface area contributed by atoms with Crippen LogP contribution in [0.4, 0.5) is 5.69 Å². The summed E-state index contributed by atoms with van der Waals surface area (Å²) < 4.78 is 10.5. The van der Waals surface area contributed by atoms with Gasteiger partial charge in [-0.1, -0.05) is 11.6 Å². The SMILES string of the molecule is O=C(NNC(=S)Nc1ccc2c(c1)OCO2)c1cc(Cl)ccc1O. The highest BCUT2D eigenvalue weighted by atomic mass is 35.5. The number of halogens is 1. The number of hydrogen-bond donors (Lipinski definition) is 4. The summed E-state index contributed by atoms with van der Waals surface area (Å²) in [7, 11) is 0. The third kappa shape index (κ3) is 3.61. The van der Waals surface area contributed by atoms with Crippen LogP contribution in [0.1, 0.15) is 10.4 Å². The predicted molar refractivity (Wildman–Crippen MR) is 92.5 cm³/mol. The average molecular weight is 366 g/mol. The molecule has 0 atom stereocenters. The summed E-state index contributed by atoms with van der Waals surface area (Å²) in [6, 6.07) is 9.39. The summed E-state index contributed by atoms with van der Waals surface area (Å²) in [5, 5.41) is 13.0. The number of carbonyl (C=O) groups is 1. The van der Waals surface area contributed by atoms with Gasteiger partial charge in [-0.25, -0.2) is 0 Å². The van der Waals surface area contributed by atoms with Crippen molar-refractivity contribution in [3.63, 3.8) is 0 Å². The summed E-state index contributed by atoms with van der Waals surface area (Å²) in [6.45, 7) is 0.181. The molecule has 24 heavy (non-hydrogen) atoms. The molecule has 1 heterocycles. The highest BCUT2D eigenvalue weighted by Crippen LogP contribution is 2.34. The van der Waals surface area contributed by atoms with Crippen LogP contribution >= 0.6 is 23.8 Å². The van der Waals surface area contributed by atoms with E-state index in [1.54, 1.807) is 18.2 Å². The van der Waals surface area contributed by atoms with Crippen molar-refractivity contribution in [3.05, 3.63) is 47.0 Å². The van der Waals surface area contributed by atoms with E-state index in [2.05, 4.69) is 16.2 Å². The highest BCUT2D eigenvalue weighted by molar-refractivity contribution is 7.80. The molecule has 0 unspecified atom stereocenters. The molecule has 0 spiro atoms. The van der Waals surface area contributed by atoms with E-state index >= 15 is 0 Å². The van der Waals surface area contributed by atoms with Crippen molar-refractivity contribution in [2.24, 2.45) is 0 Å². The van der Waals surface area contributed by atoms with Gasteiger partial charge in [-0.05, 0) is 42.5 Å². The molecule has 0 bridgehead atoms. The molecule has 7 nitrogen and oxygen atoms in total. The second kappa shape index (κ2) is 6.81. The molecule has 1 aliphatic heterocycles. The first-order valence-corrected chi connectivity index (χ1v) is 7.57. The maximum atomic E-state index is 12.0. The largest absolute Gasteiger partial charge is 0.507 e. The van der Waals surface area contributed by atoms with Crippen LogP contribution in [0.5, 0.6) is 17.2 Å². The van der Waals surface area contributed by atoms with Crippen molar-refractivity contribution in [1.29, 1.82) is 0 Å². The number of rotatable bonds is 2. The first-order chi connectivity index (χ1) is 11.5. The zero-order valence-electron chi connectivity index (χ0n) is 12.1. The molecule has 1 amide bonds. The lowest BCUT2D eigenvalue weighted by Gasteiger charge is -2.12. The Kier molecular flexibility index (Phi) is 4.59. The van der Waals surface area contributed by atoms with Crippen LogP contribution in [0.2, 0.25) is 5.02 Å². The third-order valence-corrected chi connectivity index (χ3v) is 3.56. The molecule has 124 valence electrons. The number of hydrazine groups is 1. The molecule has 2 aromatic carbocycles. The number of aromatic hydroxyl groups is 1. The number of benzene rings is 2. The topological polar surface area (TPSA) is 91.9 Å². The fourth-order valence-electron chi connectivity index (χ4n) is 2.01. The lowest BCUT2D eigenvalue weighted by Crippen LogP contribution is -2.43. The standard InChI is InChI=1S/C15H12ClN3O4S/c16-8-1-3-11(20)10(5-8)14(21)18-19-15(24)17-9-2-4-12-13(6-9)23-7-22-12/h1-6,20H,7H2,(H,18,21)(H2,17,19,24). The predicted octanol–water partition coefficient (Wildman–Crippen LogP) is 2.41. The van der Waals surface area contributed by atoms with Crippen LogP contribution in [-0.4, -0.2) is 22.9 Å². The molecule has 0 radical (unpaired) electrons. The van der Waals surface area contributed by atoms with Gasteiger partial charge in [0.05, 0.1) is 5.56 Å². The van der Waals surface area contributed by atoms with Crippen LogP contribution in [0.25, 0.3) is 0 Å². The van der Waals surface area contributed by atoms with Gasteiger partial charge < -0.3 is 19.9 Å². The van der Waals surface area contributed by atoms with E-state index in [0.717, 1.165) is 0 Å². The van der Waals surface area contributed by atoms with E-state index in [9.17, 15) is 9.90 Å². The fourth-order valence-corrected chi connectivity index (χ4v) is 2.35. The summed E-state index contributed by atoms with van der Waals surface area (Å²) in [4.78, 5) is 12.0.